The molecule has 0 aliphatic carbocycles. The van der Waals surface area contributed by atoms with Crippen molar-refractivity contribution in [2.45, 2.75) is 26.3 Å². The minimum atomic E-state index is -0.0140. The highest BCUT2D eigenvalue weighted by molar-refractivity contribution is 5.24. The first-order chi connectivity index (χ1) is 8.69. The van der Waals surface area contributed by atoms with Crippen LogP contribution < -0.4 is 11.3 Å². The molecular formula is C14H18N4. The van der Waals surface area contributed by atoms with Gasteiger partial charge in [-0.2, -0.15) is 0 Å². The van der Waals surface area contributed by atoms with Crippen molar-refractivity contribution in [3.05, 3.63) is 59.2 Å². The summed E-state index contributed by atoms with van der Waals surface area (Å²) >= 11 is 0. The molecule has 0 radical (unpaired) electrons. The van der Waals surface area contributed by atoms with E-state index in [1.807, 2.05) is 6.92 Å². The van der Waals surface area contributed by atoms with E-state index >= 15 is 0 Å². The second-order valence-corrected chi connectivity index (χ2v) is 4.50. The number of benzene rings is 1. The van der Waals surface area contributed by atoms with E-state index in [-0.39, 0.29) is 6.04 Å². The maximum Gasteiger partial charge on any atom is 0.0773 e. The summed E-state index contributed by atoms with van der Waals surface area (Å²) in [5.74, 6) is 5.61. The van der Waals surface area contributed by atoms with E-state index in [1.54, 1.807) is 12.4 Å². The van der Waals surface area contributed by atoms with Crippen molar-refractivity contribution in [1.29, 1.82) is 0 Å². The molecule has 94 valence electrons. The molecule has 0 aliphatic rings. The van der Waals surface area contributed by atoms with Crippen molar-refractivity contribution < 1.29 is 0 Å². The van der Waals surface area contributed by atoms with Crippen molar-refractivity contribution in [3.8, 4) is 0 Å². The zero-order valence-corrected chi connectivity index (χ0v) is 10.7. The van der Waals surface area contributed by atoms with E-state index in [1.165, 1.54) is 11.1 Å². The SMILES string of the molecule is Cc1cccc(CC(NN)c2cnc(C)cn2)c1. The van der Waals surface area contributed by atoms with Gasteiger partial charge in [-0.1, -0.05) is 29.8 Å². The largest absolute Gasteiger partial charge is 0.271 e. The predicted octanol–water partition coefficient (Wildman–Crippen LogP) is 1.84. The van der Waals surface area contributed by atoms with E-state index in [0.29, 0.717) is 0 Å². The minimum absolute atomic E-state index is 0.0140. The van der Waals surface area contributed by atoms with Gasteiger partial charge in [0, 0.05) is 6.20 Å². The minimum Gasteiger partial charge on any atom is -0.271 e. The highest BCUT2D eigenvalue weighted by atomic mass is 15.2. The summed E-state index contributed by atoms with van der Waals surface area (Å²) in [5, 5.41) is 0. The number of nitrogens with one attached hydrogen (secondary N) is 1. The molecular weight excluding hydrogens is 224 g/mol. The molecule has 1 unspecified atom stereocenters. The average molecular weight is 242 g/mol. The maximum atomic E-state index is 5.61. The Kier molecular flexibility index (Phi) is 4.02. The number of aromatic nitrogens is 2. The number of rotatable bonds is 4. The van der Waals surface area contributed by atoms with Crippen LogP contribution in [0.25, 0.3) is 0 Å². The van der Waals surface area contributed by atoms with Gasteiger partial charge in [-0.15, -0.1) is 0 Å². The Morgan fingerprint density at radius 1 is 1.22 bits per heavy atom. The van der Waals surface area contributed by atoms with Crippen LogP contribution in [0.5, 0.6) is 0 Å². The zero-order chi connectivity index (χ0) is 13.0. The summed E-state index contributed by atoms with van der Waals surface area (Å²) in [6.45, 7) is 4.00. The summed E-state index contributed by atoms with van der Waals surface area (Å²) in [5.41, 5.74) is 7.06. The molecule has 1 aromatic heterocycles. The zero-order valence-electron chi connectivity index (χ0n) is 10.7. The van der Waals surface area contributed by atoms with Gasteiger partial charge in [0.1, 0.15) is 0 Å². The predicted molar refractivity (Wildman–Crippen MR) is 71.7 cm³/mol. The van der Waals surface area contributed by atoms with Crippen LogP contribution in [0.15, 0.2) is 36.7 Å². The molecule has 1 aromatic carbocycles. The lowest BCUT2D eigenvalue weighted by Gasteiger charge is -2.15. The van der Waals surface area contributed by atoms with Crippen LogP contribution in [0.2, 0.25) is 0 Å². The van der Waals surface area contributed by atoms with Crippen molar-refractivity contribution in [3.63, 3.8) is 0 Å². The third kappa shape index (κ3) is 3.12. The fourth-order valence-corrected chi connectivity index (χ4v) is 1.91. The van der Waals surface area contributed by atoms with Gasteiger partial charge < -0.3 is 0 Å². The molecule has 0 bridgehead atoms. The fraction of sp³-hybridized carbons (Fsp3) is 0.286. The first kappa shape index (κ1) is 12.7. The highest BCUT2D eigenvalue weighted by Crippen LogP contribution is 2.16. The molecule has 0 aliphatic heterocycles. The lowest BCUT2D eigenvalue weighted by molar-refractivity contribution is 0.535. The molecule has 0 amide bonds. The van der Waals surface area contributed by atoms with Gasteiger partial charge in [-0.3, -0.25) is 21.2 Å². The molecule has 4 heteroatoms. The Hall–Kier alpha value is -1.78. The molecule has 1 heterocycles. The smallest absolute Gasteiger partial charge is 0.0773 e. The second-order valence-electron chi connectivity index (χ2n) is 4.50. The Bertz CT molecular complexity index is 507. The molecule has 0 saturated heterocycles. The van der Waals surface area contributed by atoms with Crippen LogP contribution in [0.4, 0.5) is 0 Å². The van der Waals surface area contributed by atoms with E-state index < -0.39 is 0 Å². The van der Waals surface area contributed by atoms with E-state index in [2.05, 4.69) is 46.6 Å². The van der Waals surface area contributed by atoms with Crippen molar-refractivity contribution in [2.75, 3.05) is 0 Å². The topological polar surface area (TPSA) is 63.8 Å². The summed E-state index contributed by atoms with van der Waals surface area (Å²) < 4.78 is 0. The molecule has 2 aromatic rings. The van der Waals surface area contributed by atoms with Crippen LogP contribution in [-0.2, 0) is 6.42 Å². The molecule has 18 heavy (non-hydrogen) atoms. The van der Waals surface area contributed by atoms with Crippen molar-refractivity contribution in [2.24, 2.45) is 5.84 Å². The number of nitrogens with two attached hydrogens (primary N) is 1. The molecule has 0 fully saturated rings. The first-order valence-electron chi connectivity index (χ1n) is 5.99. The Morgan fingerprint density at radius 2 is 2.06 bits per heavy atom. The monoisotopic (exact) mass is 242 g/mol. The van der Waals surface area contributed by atoms with Gasteiger partial charge in [0.25, 0.3) is 0 Å². The molecule has 3 N–H and O–H groups in total. The second kappa shape index (κ2) is 5.71. The van der Waals surface area contributed by atoms with Crippen molar-refractivity contribution >= 4 is 0 Å². The lowest BCUT2D eigenvalue weighted by atomic mass is 10.0. The summed E-state index contributed by atoms with van der Waals surface area (Å²) in [6, 6.07) is 8.38. The van der Waals surface area contributed by atoms with Crippen molar-refractivity contribution in [1.82, 2.24) is 15.4 Å². The Labute approximate surface area is 107 Å². The van der Waals surface area contributed by atoms with Crippen LogP contribution in [0.3, 0.4) is 0 Å². The summed E-state index contributed by atoms with van der Waals surface area (Å²) in [7, 11) is 0. The number of hydrazine groups is 1. The number of hydrogen-bond donors (Lipinski definition) is 2. The van der Waals surface area contributed by atoms with E-state index in [4.69, 9.17) is 5.84 Å². The van der Waals surface area contributed by atoms with Gasteiger partial charge in [-0.05, 0) is 25.8 Å². The maximum absolute atomic E-state index is 5.61. The third-order valence-electron chi connectivity index (χ3n) is 2.88. The third-order valence-corrected chi connectivity index (χ3v) is 2.88. The van der Waals surface area contributed by atoms with Gasteiger partial charge >= 0.3 is 0 Å². The van der Waals surface area contributed by atoms with Gasteiger partial charge in [-0.25, -0.2) is 0 Å². The van der Waals surface area contributed by atoms with E-state index in [9.17, 15) is 0 Å². The summed E-state index contributed by atoms with van der Waals surface area (Å²) in [6.07, 6.45) is 4.33. The lowest BCUT2D eigenvalue weighted by Crippen LogP contribution is -2.30. The van der Waals surface area contributed by atoms with Gasteiger partial charge in [0.05, 0.1) is 23.6 Å². The quantitative estimate of drug-likeness (QED) is 0.634. The molecule has 0 spiro atoms. The van der Waals surface area contributed by atoms with Crippen LogP contribution in [0, 0.1) is 13.8 Å². The normalized spacial score (nSPS) is 12.4. The van der Waals surface area contributed by atoms with Gasteiger partial charge in [0.2, 0.25) is 0 Å². The van der Waals surface area contributed by atoms with E-state index in [0.717, 1.165) is 17.8 Å². The Balaban J connectivity index is 2.17. The molecule has 2 rings (SSSR count). The number of aryl methyl sites for hydroxylation is 2. The number of nitrogens with zero attached hydrogens (tertiary/aromatic N) is 2. The standard InChI is InChI=1S/C14H18N4/c1-10-4-3-5-12(6-10)7-13(18-15)14-9-16-11(2)8-17-14/h3-6,8-9,13,18H,7,15H2,1-2H3. The van der Waals surface area contributed by atoms with Crippen LogP contribution in [-0.4, -0.2) is 9.97 Å². The highest BCUT2D eigenvalue weighted by Gasteiger charge is 2.12. The molecule has 0 saturated carbocycles. The molecule has 1 atom stereocenters. The molecule has 4 nitrogen and oxygen atoms in total. The number of hydrogen-bond acceptors (Lipinski definition) is 4. The van der Waals surface area contributed by atoms with Gasteiger partial charge in [0.15, 0.2) is 0 Å². The fourth-order valence-electron chi connectivity index (χ4n) is 1.91. The van der Waals surface area contributed by atoms with Crippen LogP contribution >= 0.6 is 0 Å². The first-order valence-corrected chi connectivity index (χ1v) is 5.99. The average Bonchev–Trinajstić information content (AvgIpc) is 2.37. The Morgan fingerprint density at radius 3 is 2.67 bits per heavy atom. The summed E-state index contributed by atoms with van der Waals surface area (Å²) in [4.78, 5) is 8.61. The van der Waals surface area contributed by atoms with Crippen LogP contribution in [0.1, 0.15) is 28.6 Å².